The molecule has 2 atom stereocenters. The molecule has 1 heteroatoms. The van der Waals surface area contributed by atoms with E-state index in [-0.39, 0.29) is 11.5 Å². The van der Waals surface area contributed by atoms with Gasteiger partial charge in [0, 0.05) is 0 Å². The SMILES string of the molecule is CC(C)(C)c1ccc(CC(O)C2CCCC2(C)C)cc1. The summed E-state index contributed by atoms with van der Waals surface area (Å²) >= 11 is 0. The minimum absolute atomic E-state index is 0.199. The van der Waals surface area contributed by atoms with Crippen molar-refractivity contribution >= 4 is 0 Å². The van der Waals surface area contributed by atoms with Crippen LogP contribution in [0.15, 0.2) is 24.3 Å². The van der Waals surface area contributed by atoms with Crippen LogP contribution in [0, 0.1) is 11.3 Å². The van der Waals surface area contributed by atoms with Crippen molar-refractivity contribution in [2.45, 2.75) is 71.8 Å². The van der Waals surface area contributed by atoms with Gasteiger partial charge in [-0.3, -0.25) is 0 Å². The maximum atomic E-state index is 10.6. The summed E-state index contributed by atoms with van der Waals surface area (Å²) in [4.78, 5) is 0. The van der Waals surface area contributed by atoms with Gasteiger partial charge in [-0.05, 0) is 47.1 Å². The third-order valence-electron chi connectivity index (χ3n) is 5.07. The first-order chi connectivity index (χ1) is 9.20. The van der Waals surface area contributed by atoms with E-state index in [4.69, 9.17) is 0 Å². The van der Waals surface area contributed by atoms with E-state index in [0.717, 1.165) is 6.42 Å². The summed E-state index contributed by atoms with van der Waals surface area (Å²) in [5.41, 5.74) is 3.11. The highest BCUT2D eigenvalue weighted by Crippen LogP contribution is 2.44. The van der Waals surface area contributed by atoms with Gasteiger partial charge >= 0.3 is 0 Å². The molecule has 0 saturated heterocycles. The van der Waals surface area contributed by atoms with E-state index < -0.39 is 0 Å². The zero-order valence-corrected chi connectivity index (χ0v) is 13.7. The van der Waals surface area contributed by atoms with Crippen LogP contribution in [0.3, 0.4) is 0 Å². The Bertz CT molecular complexity index is 436. The van der Waals surface area contributed by atoms with Crippen LogP contribution in [0.5, 0.6) is 0 Å². The molecule has 1 nitrogen and oxygen atoms in total. The molecule has 1 N–H and O–H groups in total. The Labute approximate surface area is 124 Å². The fraction of sp³-hybridized carbons (Fsp3) is 0.684. The molecule has 1 aliphatic carbocycles. The highest BCUT2D eigenvalue weighted by atomic mass is 16.3. The average molecular weight is 274 g/mol. The molecule has 1 aliphatic rings. The van der Waals surface area contributed by atoms with Gasteiger partial charge in [-0.2, -0.15) is 0 Å². The minimum Gasteiger partial charge on any atom is -0.392 e. The molecular formula is C19H30O. The lowest BCUT2D eigenvalue weighted by Gasteiger charge is -2.31. The van der Waals surface area contributed by atoms with Gasteiger partial charge in [0.05, 0.1) is 6.10 Å². The fourth-order valence-electron chi connectivity index (χ4n) is 3.59. The highest BCUT2D eigenvalue weighted by Gasteiger charge is 2.38. The summed E-state index contributed by atoms with van der Waals surface area (Å²) < 4.78 is 0. The number of benzene rings is 1. The van der Waals surface area contributed by atoms with E-state index in [1.807, 2.05) is 0 Å². The van der Waals surface area contributed by atoms with Crippen LogP contribution in [0.25, 0.3) is 0 Å². The van der Waals surface area contributed by atoms with Crippen LogP contribution in [-0.4, -0.2) is 11.2 Å². The molecule has 1 fully saturated rings. The van der Waals surface area contributed by atoms with Gasteiger partial charge in [0.1, 0.15) is 0 Å². The molecule has 20 heavy (non-hydrogen) atoms. The van der Waals surface area contributed by atoms with Crippen molar-refractivity contribution < 1.29 is 5.11 Å². The average Bonchev–Trinajstić information content (AvgIpc) is 2.68. The molecule has 1 aromatic rings. The molecule has 0 radical (unpaired) electrons. The van der Waals surface area contributed by atoms with E-state index >= 15 is 0 Å². The van der Waals surface area contributed by atoms with Gasteiger partial charge in [0.25, 0.3) is 0 Å². The lowest BCUT2D eigenvalue weighted by Crippen LogP contribution is -2.31. The number of aliphatic hydroxyl groups is 1. The predicted octanol–water partition coefficient (Wildman–Crippen LogP) is 4.71. The van der Waals surface area contributed by atoms with Crippen molar-refractivity contribution in [2.75, 3.05) is 0 Å². The molecule has 0 amide bonds. The summed E-state index contributed by atoms with van der Waals surface area (Å²) in [5.74, 6) is 0.449. The topological polar surface area (TPSA) is 20.2 Å². The molecule has 2 rings (SSSR count). The van der Waals surface area contributed by atoms with Crippen molar-refractivity contribution in [2.24, 2.45) is 11.3 Å². The van der Waals surface area contributed by atoms with E-state index in [1.165, 1.54) is 30.4 Å². The van der Waals surface area contributed by atoms with Gasteiger partial charge in [0.2, 0.25) is 0 Å². The van der Waals surface area contributed by atoms with Crippen LogP contribution in [0.4, 0.5) is 0 Å². The Kier molecular flexibility index (Phi) is 4.30. The zero-order chi connectivity index (χ0) is 15.0. The van der Waals surface area contributed by atoms with Crippen LogP contribution >= 0.6 is 0 Å². The van der Waals surface area contributed by atoms with E-state index in [0.29, 0.717) is 11.3 Å². The summed E-state index contributed by atoms with van der Waals surface area (Å²) in [6.07, 6.45) is 4.27. The molecule has 2 unspecified atom stereocenters. The molecule has 0 bridgehead atoms. The van der Waals surface area contributed by atoms with Crippen LogP contribution < -0.4 is 0 Å². The van der Waals surface area contributed by atoms with Crippen LogP contribution in [0.1, 0.15) is 65.0 Å². The number of rotatable bonds is 3. The second-order valence-corrected chi connectivity index (χ2v) is 8.21. The van der Waals surface area contributed by atoms with Gasteiger partial charge in [0.15, 0.2) is 0 Å². The van der Waals surface area contributed by atoms with Crippen molar-refractivity contribution in [3.05, 3.63) is 35.4 Å². The smallest absolute Gasteiger partial charge is 0.0613 e. The fourth-order valence-corrected chi connectivity index (χ4v) is 3.59. The van der Waals surface area contributed by atoms with Crippen molar-refractivity contribution in [3.63, 3.8) is 0 Å². The molecule has 0 heterocycles. The number of hydrogen-bond donors (Lipinski definition) is 1. The monoisotopic (exact) mass is 274 g/mol. The Balaban J connectivity index is 2.03. The van der Waals surface area contributed by atoms with Crippen molar-refractivity contribution in [1.82, 2.24) is 0 Å². The quantitative estimate of drug-likeness (QED) is 0.846. The van der Waals surface area contributed by atoms with Crippen LogP contribution in [0.2, 0.25) is 0 Å². The summed E-state index contributed by atoms with van der Waals surface area (Å²) in [6.45, 7) is 11.3. The lowest BCUT2D eigenvalue weighted by atomic mass is 9.77. The second-order valence-electron chi connectivity index (χ2n) is 8.21. The first-order valence-electron chi connectivity index (χ1n) is 7.98. The van der Waals surface area contributed by atoms with Gasteiger partial charge in [-0.1, -0.05) is 65.3 Å². The molecule has 1 saturated carbocycles. The van der Waals surface area contributed by atoms with E-state index in [2.05, 4.69) is 58.9 Å². The normalized spacial score (nSPS) is 23.8. The first-order valence-corrected chi connectivity index (χ1v) is 7.98. The van der Waals surface area contributed by atoms with Crippen LogP contribution in [-0.2, 0) is 11.8 Å². The van der Waals surface area contributed by atoms with E-state index in [1.54, 1.807) is 0 Å². The van der Waals surface area contributed by atoms with Gasteiger partial charge in [-0.15, -0.1) is 0 Å². The molecule has 112 valence electrons. The minimum atomic E-state index is -0.201. The molecular weight excluding hydrogens is 244 g/mol. The maximum Gasteiger partial charge on any atom is 0.0613 e. The molecule has 0 aliphatic heterocycles. The Morgan fingerprint density at radius 1 is 1.20 bits per heavy atom. The molecule has 0 spiro atoms. The summed E-state index contributed by atoms with van der Waals surface area (Å²) in [5, 5.41) is 10.6. The third kappa shape index (κ3) is 3.44. The molecule has 0 aromatic heterocycles. The zero-order valence-electron chi connectivity index (χ0n) is 13.7. The Morgan fingerprint density at radius 3 is 2.25 bits per heavy atom. The standard InChI is InChI=1S/C19H30O/c1-18(2,3)15-10-8-14(9-11-15)13-17(20)16-7-6-12-19(16,4)5/h8-11,16-17,20H,6-7,12-13H2,1-5H3. The van der Waals surface area contributed by atoms with E-state index in [9.17, 15) is 5.11 Å². The summed E-state index contributed by atoms with van der Waals surface area (Å²) in [7, 11) is 0. The largest absolute Gasteiger partial charge is 0.392 e. The lowest BCUT2D eigenvalue weighted by molar-refractivity contribution is 0.0543. The number of aliphatic hydroxyl groups excluding tert-OH is 1. The first kappa shape index (κ1) is 15.6. The number of hydrogen-bond acceptors (Lipinski definition) is 1. The Morgan fingerprint density at radius 2 is 1.80 bits per heavy atom. The maximum absolute atomic E-state index is 10.6. The Hall–Kier alpha value is -0.820. The van der Waals surface area contributed by atoms with Gasteiger partial charge in [-0.25, -0.2) is 0 Å². The molecule has 1 aromatic carbocycles. The predicted molar refractivity (Wildman–Crippen MR) is 86.0 cm³/mol. The van der Waals surface area contributed by atoms with Crippen molar-refractivity contribution in [3.8, 4) is 0 Å². The summed E-state index contributed by atoms with van der Waals surface area (Å²) in [6, 6.07) is 8.79. The third-order valence-corrected chi connectivity index (χ3v) is 5.07. The van der Waals surface area contributed by atoms with Crippen molar-refractivity contribution in [1.29, 1.82) is 0 Å². The second kappa shape index (κ2) is 5.52. The van der Waals surface area contributed by atoms with Gasteiger partial charge < -0.3 is 5.11 Å². The highest BCUT2D eigenvalue weighted by molar-refractivity contribution is 5.28.